The van der Waals surface area contributed by atoms with Gasteiger partial charge in [0.25, 0.3) is 0 Å². The van der Waals surface area contributed by atoms with Crippen LogP contribution < -0.4 is 4.74 Å². The van der Waals surface area contributed by atoms with Crippen molar-refractivity contribution in [2.45, 2.75) is 30.8 Å². The summed E-state index contributed by atoms with van der Waals surface area (Å²) in [5, 5.41) is 50.7. The van der Waals surface area contributed by atoms with E-state index in [-0.39, 0.29) is 16.9 Å². The molecule has 4 atom stereocenters. The van der Waals surface area contributed by atoms with E-state index < -0.39 is 52.4 Å². The Balaban J connectivity index is 2.29. The Labute approximate surface area is 136 Å². The minimum atomic E-state index is -2.23. The van der Waals surface area contributed by atoms with Gasteiger partial charge in [-0.2, -0.15) is 0 Å². The number of ketones is 2. The molecule has 1 aromatic rings. The van der Waals surface area contributed by atoms with Crippen LogP contribution in [-0.4, -0.2) is 68.1 Å². The summed E-state index contributed by atoms with van der Waals surface area (Å²) in [6.07, 6.45) is -5.65. The number of phenols is 1. The highest BCUT2D eigenvalue weighted by atomic mass is 16.5. The highest BCUT2D eigenvalue weighted by Crippen LogP contribution is 2.43. The van der Waals surface area contributed by atoms with Crippen LogP contribution in [0.2, 0.25) is 0 Å². The minimum Gasteiger partial charge on any atom is -0.507 e. The number of methoxy groups -OCH3 is 1. The SMILES string of the molecule is COc1cc(O)c2c(c1)C(=O)C1=C(C2=O)[C@@H](O)[C@H](O)[C@](C)(O)[C@H]1O. The summed E-state index contributed by atoms with van der Waals surface area (Å²) in [6.45, 7) is 1.05. The van der Waals surface area contributed by atoms with Crippen molar-refractivity contribution in [3.05, 3.63) is 34.4 Å². The first kappa shape index (κ1) is 16.6. The number of carbonyl (C=O) groups is 2. The maximum atomic E-state index is 12.7. The molecule has 24 heavy (non-hydrogen) atoms. The minimum absolute atomic E-state index is 0.120. The zero-order valence-electron chi connectivity index (χ0n) is 12.8. The Morgan fingerprint density at radius 1 is 1.08 bits per heavy atom. The number of phenolic OH excluding ortho intramolecular Hbond substituents is 1. The van der Waals surface area contributed by atoms with Gasteiger partial charge in [0.15, 0.2) is 11.6 Å². The predicted molar refractivity (Wildman–Crippen MR) is 79.0 cm³/mol. The molecule has 0 spiro atoms. The molecule has 5 N–H and O–H groups in total. The highest BCUT2D eigenvalue weighted by Gasteiger charge is 2.55. The number of fused-ring (bicyclic) bond motifs is 1. The van der Waals surface area contributed by atoms with Crippen molar-refractivity contribution in [3.8, 4) is 11.5 Å². The molecule has 0 radical (unpaired) electrons. The first-order valence-corrected chi connectivity index (χ1v) is 7.14. The van der Waals surface area contributed by atoms with Gasteiger partial charge in [-0.25, -0.2) is 0 Å². The van der Waals surface area contributed by atoms with Gasteiger partial charge in [0, 0.05) is 22.8 Å². The van der Waals surface area contributed by atoms with Gasteiger partial charge in [-0.15, -0.1) is 0 Å². The van der Waals surface area contributed by atoms with Crippen LogP contribution in [0.5, 0.6) is 11.5 Å². The molecule has 8 nitrogen and oxygen atoms in total. The molecular weight excluding hydrogens is 320 g/mol. The summed E-state index contributed by atoms with van der Waals surface area (Å²) >= 11 is 0. The average Bonchev–Trinajstić information content (AvgIpc) is 2.53. The van der Waals surface area contributed by atoms with Crippen molar-refractivity contribution in [2.75, 3.05) is 7.11 Å². The number of Topliss-reactive ketones (excluding diaryl/α,β-unsaturated/α-hetero) is 2. The molecule has 0 aromatic heterocycles. The van der Waals surface area contributed by atoms with Gasteiger partial charge >= 0.3 is 0 Å². The first-order valence-electron chi connectivity index (χ1n) is 7.14. The van der Waals surface area contributed by atoms with E-state index in [1.807, 2.05) is 0 Å². The van der Waals surface area contributed by atoms with Crippen LogP contribution in [0.3, 0.4) is 0 Å². The molecule has 0 amide bonds. The Morgan fingerprint density at radius 3 is 2.29 bits per heavy atom. The second kappa shape index (κ2) is 5.12. The monoisotopic (exact) mass is 336 g/mol. The third-order valence-corrected chi connectivity index (χ3v) is 4.60. The zero-order valence-corrected chi connectivity index (χ0v) is 12.8. The number of carbonyl (C=O) groups excluding carboxylic acids is 2. The summed E-state index contributed by atoms with van der Waals surface area (Å²) in [6, 6.07) is 2.35. The fourth-order valence-corrected chi connectivity index (χ4v) is 3.16. The average molecular weight is 336 g/mol. The van der Waals surface area contributed by atoms with Gasteiger partial charge in [0.1, 0.15) is 35.4 Å². The number of hydrogen-bond donors (Lipinski definition) is 5. The van der Waals surface area contributed by atoms with E-state index in [1.54, 1.807) is 0 Å². The summed E-state index contributed by atoms with van der Waals surface area (Å²) in [4.78, 5) is 25.4. The third-order valence-electron chi connectivity index (χ3n) is 4.60. The van der Waals surface area contributed by atoms with Gasteiger partial charge in [0.05, 0.1) is 12.7 Å². The molecule has 2 aliphatic carbocycles. The summed E-state index contributed by atoms with van der Waals surface area (Å²) in [7, 11) is 1.31. The molecule has 0 aliphatic heterocycles. The number of benzene rings is 1. The lowest BCUT2D eigenvalue weighted by molar-refractivity contribution is -0.158. The largest absolute Gasteiger partial charge is 0.507 e. The Hall–Kier alpha value is -2.26. The second-order valence-corrected chi connectivity index (χ2v) is 6.07. The van der Waals surface area contributed by atoms with Crippen LogP contribution >= 0.6 is 0 Å². The van der Waals surface area contributed by atoms with E-state index in [0.29, 0.717) is 0 Å². The molecule has 0 saturated carbocycles. The topological polar surface area (TPSA) is 145 Å². The van der Waals surface area contributed by atoms with Gasteiger partial charge in [-0.3, -0.25) is 9.59 Å². The van der Waals surface area contributed by atoms with Gasteiger partial charge in [-0.05, 0) is 13.0 Å². The first-order chi connectivity index (χ1) is 11.1. The normalized spacial score (nSPS) is 32.5. The second-order valence-electron chi connectivity index (χ2n) is 6.07. The number of aromatic hydroxyl groups is 1. The number of hydrogen-bond acceptors (Lipinski definition) is 8. The standard InChI is InChI=1S/C16H16O8/c1-16(23)14(21)10-9(13(20)15(16)22)12(19)8-6(11(10)18)3-5(24-2)4-7(8)17/h3-4,13-15,17,20-23H,1-2H3/t13-,14+,15+,16-/m1/s1. The summed E-state index contributed by atoms with van der Waals surface area (Å²) < 4.78 is 4.95. The van der Waals surface area contributed by atoms with Crippen molar-refractivity contribution in [2.24, 2.45) is 0 Å². The molecule has 2 aliphatic rings. The zero-order chi connectivity index (χ0) is 18.0. The highest BCUT2D eigenvalue weighted by molar-refractivity contribution is 6.29. The third kappa shape index (κ3) is 1.94. The van der Waals surface area contributed by atoms with Gasteiger partial charge < -0.3 is 30.3 Å². The molecule has 1 aromatic carbocycles. The molecule has 128 valence electrons. The predicted octanol–water partition coefficient (Wildman–Crippen LogP) is -1.08. The molecule has 0 heterocycles. The lowest BCUT2D eigenvalue weighted by Crippen LogP contribution is -2.61. The molecule has 0 bridgehead atoms. The summed E-state index contributed by atoms with van der Waals surface area (Å²) in [5.41, 5.74) is -3.82. The smallest absolute Gasteiger partial charge is 0.196 e. The van der Waals surface area contributed by atoms with Crippen molar-refractivity contribution in [1.82, 2.24) is 0 Å². The van der Waals surface area contributed by atoms with Gasteiger partial charge in [-0.1, -0.05) is 0 Å². The Bertz CT molecular complexity index is 792. The van der Waals surface area contributed by atoms with E-state index in [4.69, 9.17) is 4.74 Å². The molecular formula is C16H16O8. The van der Waals surface area contributed by atoms with Crippen LogP contribution in [-0.2, 0) is 0 Å². The lowest BCUT2D eigenvalue weighted by atomic mass is 9.68. The number of ether oxygens (including phenoxy) is 1. The van der Waals surface area contributed by atoms with Crippen molar-refractivity contribution < 1.29 is 39.9 Å². The Kier molecular flexibility index (Phi) is 3.54. The molecule has 8 heteroatoms. The van der Waals surface area contributed by atoms with Crippen molar-refractivity contribution >= 4 is 11.6 Å². The fraction of sp³-hybridized carbons (Fsp3) is 0.375. The fourth-order valence-electron chi connectivity index (χ4n) is 3.16. The molecule has 0 unspecified atom stereocenters. The number of rotatable bonds is 1. The molecule has 0 saturated heterocycles. The lowest BCUT2D eigenvalue weighted by Gasteiger charge is -2.43. The van der Waals surface area contributed by atoms with E-state index in [1.165, 1.54) is 13.2 Å². The maximum Gasteiger partial charge on any atom is 0.196 e. The van der Waals surface area contributed by atoms with Gasteiger partial charge in [0.2, 0.25) is 0 Å². The van der Waals surface area contributed by atoms with Crippen molar-refractivity contribution in [3.63, 3.8) is 0 Å². The molecule has 3 rings (SSSR count). The maximum absolute atomic E-state index is 12.7. The number of aliphatic hydroxyl groups excluding tert-OH is 3. The van der Waals surface area contributed by atoms with Crippen LogP contribution in [0.15, 0.2) is 23.3 Å². The van der Waals surface area contributed by atoms with E-state index >= 15 is 0 Å². The van der Waals surface area contributed by atoms with Crippen LogP contribution in [0.25, 0.3) is 0 Å². The van der Waals surface area contributed by atoms with E-state index in [0.717, 1.165) is 13.0 Å². The van der Waals surface area contributed by atoms with E-state index in [9.17, 15) is 35.1 Å². The quantitative estimate of drug-likeness (QED) is 0.436. The number of aliphatic hydroxyl groups is 4. The van der Waals surface area contributed by atoms with Crippen molar-refractivity contribution in [1.29, 1.82) is 0 Å². The van der Waals surface area contributed by atoms with Crippen LogP contribution in [0.4, 0.5) is 0 Å². The van der Waals surface area contributed by atoms with Crippen LogP contribution in [0, 0.1) is 0 Å². The molecule has 0 fully saturated rings. The Morgan fingerprint density at radius 2 is 1.71 bits per heavy atom. The summed E-state index contributed by atoms with van der Waals surface area (Å²) in [5.74, 6) is -2.15. The van der Waals surface area contributed by atoms with E-state index in [2.05, 4.69) is 0 Å². The van der Waals surface area contributed by atoms with Crippen LogP contribution in [0.1, 0.15) is 27.6 Å².